The summed E-state index contributed by atoms with van der Waals surface area (Å²) in [6.07, 6.45) is 0.690. The molecule has 0 aliphatic rings. The van der Waals surface area contributed by atoms with Gasteiger partial charge in [-0.15, -0.1) is 0 Å². The number of amides is 1. The quantitative estimate of drug-likeness (QED) is 0.774. The van der Waals surface area contributed by atoms with Gasteiger partial charge in [-0.25, -0.2) is 0 Å². The van der Waals surface area contributed by atoms with E-state index >= 15 is 0 Å². The van der Waals surface area contributed by atoms with Crippen LogP contribution < -0.4 is 5.32 Å². The molecular formula is C19H22N4O. The maximum atomic E-state index is 12.6. The molecule has 0 fully saturated rings. The minimum atomic E-state index is -0.0943. The Balaban J connectivity index is 1.78. The molecule has 0 aliphatic carbocycles. The fourth-order valence-corrected chi connectivity index (χ4v) is 2.87. The van der Waals surface area contributed by atoms with Crippen LogP contribution in [-0.4, -0.2) is 27.1 Å². The van der Waals surface area contributed by atoms with Gasteiger partial charge in [0.2, 0.25) is 0 Å². The van der Waals surface area contributed by atoms with Crippen LogP contribution in [0.25, 0.3) is 10.9 Å². The van der Waals surface area contributed by atoms with Crippen molar-refractivity contribution in [3.05, 3.63) is 58.5 Å². The second-order valence-electron chi connectivity index (χ2n) is 6.44. The summed E-state index contributed by atoms with van der Waals surface area (Å²) >= 11 is 0. The van der Waals surface area contributed by atoms with Gasteiger partial charge >= 0.3 is 0 Å². The van der Waals surface area contributed by atoms with Crippen LogP contribution in [0.4, 0.5) is 0 Å². The molecule has 0 aliphatic heterocycles. The molecule has 0 saturated carbocycles. The first-order valence-electron chi connectivity index (χ1n) is 8.12. The fraction of sp³-hybridized carbons (Fsp3) is 0.316. The topological polar surface area (TPSA) is 70.7 Å². The van der Waals surface area contributed by atoms with Crippen LogP contribution in [0.5, 0.6) is 0 Å². The number of rotatable bonds is 4. The van der Waals surface area contributed by atoms with Gasteiger partial charge in [-0.1, -0.05) is 11.6 Å². The predicted octanol–water partition coefficient (Wildman–Crippen LogP) is 3.24. The zero-order valence-electron chi connectivity index (χ0n) is 14.5. The summed E-state index contributed by atoms with van der Waals surface area (Å²) in [7, 11) is 0. The average Bonchev–Trinajstić information content (AvgIpc) is 2.91. The zero-order chi connectivity index (χ0) is 17.3. The van der Waals surface area contributed by atoms with Crippen molar-refractivity contribution in [1.29, 1.82) is 0 Å². The summed E-state index contributed by atoms with van der Waals surface area (Å²) in [5.41, 5.74) is 5.40. The Bertz CT molecular complexity index is 898. The Kier molecular flexibility index (Phi) is 4.34. The van der Waals surface area contributed by atoms with Gasteiger partial charge in [-0.05, 0) is 52.0 Å². The average molecular weight is 322 g/mol. The van der Waals surface area contributed by atoms with Gasteiger partial charge in [0.05, 0.1) is 22.5 Å². The number of aromatic nitrogens is 3. The highest BCUT2D eigenvalue weighted by molar-refractivity contribution is 5.98. The molecule has 0 bridgehead atoms. The highest BCUT2D eigenvalue weighted by Gasteiger charge is 2.15. The molecule has 0 spiro atoms. The summed E-state index contributed by atoms with van der Waals surface area (Å²) in [6.45, 7) is 7.85. The van der Waals surface area contributed by atoms with Crippen LogP contribution in [0, 0.1) is 20.8 Å². The standard InChI is InChI=1S/C19H22N4O/c1-11-5-6-18-15(7-11)10-17(14(4)21-18)19(24)20-12(2)8-16-9-13(3)22-23-16/h5-7,9-10,12H,8H2,1-4H3,(H,20,24)(H,22,23)/t12-/m1/s1. The minimum Gasteiger partial charge on any atom is -0.349 e. The Morgan fingerprint density at radius 2 is 2.00 bits per heavy atom. The molecule has 2 aromatic heterocycles. The van der Waals surface area contributed by atoms with E-state index < -0.39 is 0 Å². The fourth-order valence-electron chi connectivity index (χ4n) is 2.87. The zero-order valence-corrected chi connectivity index (χ0v) is 14.5. The van der Waals surface area contributed by atoms with Crippen molar-refractivity contribution in [1.82, 2.24) is 20.5 Å². The van der Waals surface area contributed by atoms with E-state index in [4.69, 9.17) is 0 Å². The van der Waals surface area contributed by atoms with Gasteiger partial charge in [0.25, 0.3) is 5.91 Å². The van der Waals surface area contributed by atoms with E-state index in [1.807, 2.05) is 52.0 Å². The van der Waals surface area contributed by atoms with E-state index in [0.29, 0.717) is 12.0 Å². The molecular weight excluding hydrogens is 300 g/mol. The molecule has 1 aromatic carbocycles. The molecule has 5 heteroatoms. The smallest absolute Gasteiger partial charge is 0.253 e. The second kappa shape index (κ2) is 6.43. The molecule has 1 atom stereocenters. The number of carbonyl (C=O) groups excluding carboxylic acids is 1. The summed E-state index contributed by atoms with van der Waals surface area (Å²) in [4.78, 5) is 17.2. The number of aryl methyl sites for hydroxylation is 3. The second-order valence-corrected chi connectivity index (χ2v) is 6.44. The summed E-state index contributed by atoms with van der Waals surface area (Å²) in [5.74, 6) is -0.0943. The van der Waals surface area contributed by atoms with Crippen LogP contribution in [-0.2, 0) is 6.42 Å². The molecule has 0 saturated heterocycles. The number of H-pyrrole nitrogens is 1. The molecule has 124 valence electrons. The van der Waals surface area contributed by atoms with E-state index in [2.05, 4.69) is 26.6 Å². The third kappa shape index (κ3) is 3.45. The Morgan fingerprint density at radius 3 is 2.71 bits per heavy atom. The summed E-state index contributed by atoms with van der Waals surface area (Å²) in [6, 6.07) is 9.98. The number of hydrogen-bond donors (Lipinski definition) is 2. The number of nitrogens with zero attached hydrogens (tertiary/aromatic N) is 2. The molecule has 0 radical (unpaired) electrons. The SMILES string of the molecule is Cc1ccc2nc(C)c(C(=O)N[C@H](C)Cc3cc(C)[nH]n3)cc2c1. The van der Waals surface area contributed by atoms with Gasteiger partial charge in [0.1, 0.15) is 0 Å². The lowest BCUT2D eigenvalue weighted by Gasteiger charge is -2.14. The summed E-state index contributed by atoms with van der Waals surface area (Å²) < 4.78 is 0. The molecule has 5 nitrogen and oxygen atoms in total. The van der Waals surface area contributed by atoms with E-state index in [0.717, 1.165) is 33.5 Å². The van der Waals surface area contributed by atoms with Crippen LogP contribution >= 0.6 is 0 Å². The third-order valence-electron chi connectivity index (χ3n) is 4.06. The molecule has 3 aromatic rings. The molecule has 1 amide bonds. The number of benzene rings is 1. The highest BCUT2D eigenvalue weighted by Crippen LogP contribution is 2.18. The Labute approximate surface area is 141 Å². The Morgan fingerprint density at radius 1 is 1.21 bits per heavy atom. The minimum absolute atomic E-state index is 0.00666. The van der Waals surface area contributed by atoms with Crippen molar-refractivity contribution in [2.24, 2.45) is 0 Å². The largest absolute Gasteiger partial charge is 0.349 e. The van der Waals surface area contributed by atoms with Gasteiger partial charge in [0, 0.05) is 23.5 Å². The number of fused-ring (bicyclic) bond motifs is 1. The van der Waals surface area contributed by atoms with Gasteiger partial charge in [0.15, 0.2) is 0 Å². The van der Waals surface area contributed by atoms with Crippen molar-refractivity contribution < 1.29 is 4.79 Å². The van der Waals surface area contributed by atoms with E-state index in [-0.39, 0.29) is 11.9 Å². The number of nitrogens with one attached hydrogen (secondary N) is 2. The molecule has 2 N–H and O–H groups in total. The van der Waals surface area contributed by atoms with Crippen molar-refractivity contribution >= 4 is 16.8 Å². The van der Waals surface area contributed by atoms with Crippen LogP contribution in [0.15, 0.2) is 30.3 Å². The van der Waals surface area contributed by atoms with Gasteiger partial charge < -0.3 is 5.32 Å². The lowest BCUT2D eigenvalue weighted by Crippen LogP contribution is -2.34. The summed E-state index contributed by atoms with van der Waals surface area (Å²) in [5, 5.41) is 11.2. The van der Waals surface area contributed by atoms with Crippen LogP contribution in [0.1, 0.15) is 39.9 Å². The molecule has 3 rings (SSSR count). The maximum Gasteiger partial charge on any atom is 0.253 e. The number of pyridine rings is 1. The van der Waals surface area contributed by atoms with E-state index in [1.165, 1.54) is 0 Å². The van der Waals surface area contributed by atoms with Crippen molar-refractivity contribution in [2.75, 3.05) is 0 Å². The van der Waals surface area contributed by atoms with Crippen molar-refractivity contribution in [2.45, 2.75) is 40.2 Å². The first-order chi connectivity index (χ1) is 11.4. The normalized spacial score (nSPS) is 12.3. The monoisotopic (exact) mass is 322 g/mol. The van der Waals surface area contributed by atoms with Crippen molar-refractivity contribution in [3.63, 3.8) is 0 Å². The van der Waals surface area contributed by atoms with E-state index in [1.54, 1.807) is 0 Å². The maximum absolute atomic E-state index is 12.6. The number of hydrogen-bond acceptors (Lipinski definition) is 3. The lowest BCUT2D eigenvalue weighted by molar-refractivity contribution is 0.0939. The van der Waals surface area contributed by atoms with E-state index in [9.17, 15) is 4.79 Å². The molecule has 0 unspecified atom stereocenters. The third-order valence-corrected chi connectivity index (χ3v) is 4.06. The number of carbonyl (C=O) groups is 1. The van der Waals surface area contributed by atoms with Crippen LogP contribution in [0.3, 0.4) is 0 Å². The molecule has 2 heterocycles. The first-order valence-corrected chi connectivity index (χ1v) is 8.12. The molecule has 24 heavy (non-hydrogen) atoms. The highest BCUT2D eigenvalue weighted by atomic mass is 16.1. The predicted molar refractivity (Wildman–Crippen MR) is 95.2 cm³/mol. The number of aromatic amines is 1. The van der Waals surface area contributed by atoms with Crippen LogP contribution in [0.2, 0.25) is 0 Å². The lowest BCUT2D eigenvalue weighted by atomic mass is 10.1. The Hall–Kier alpha value is -2.69. The van der Waals surface area contributed by atoms with Gasteiger partial charge in [-0.2, -0.15) is 5.10 Å². The van der Waals surface area contributed by atoms with Gasteiger partial charge in [-0.3, -0.25) is 14.9 Å². The van der Waals surface area contributed by atoms with Crippen molar-refractivity contribution in [3.8, 4) is 0 Å². The first kappa shape index (κ1) is 16.2.